The zero-order valence-corrected chi connectivity index (χ0v) is 13.0. The van der Waals surface area contributed by atoms with E-state index in [1.54, 1.807) is 0 Å². The summed E-state index contributed by atoms with van der Waals surface area (Å²) in [6.07, 6.45) is -1.96. The van der Waals surface area contributed by atoms with Crippen molar-refractivity contribution in [1.29, 1.82) is 0 Å². The summed E-state index contributed by atoms with van der Waals surface area (Å²) in [5.74, 6) is -0.544. The predicted molar refractivity (Wildman–Crippen MR) is 82.0 cm³/mol. The van der Waals surface area contributed by atoms with E-state index in [-0.39, 0.29) is 17.7 Å². The van der Waals surface area contributed by atoms with Gasteiger partial charge in [0.2, 0.25) is 15.9 Å². The molecule has 1 aromatic carbocycles. The van der Waals surface area contributed by atoms with Crippen LogP contribution < -0.4 is 10.0 Å². The number of rotatable bonds is 6. The molecule has 0 aliphatic carbocycles. The van der Waals surface area contributed by atoms with Crippen LogP contribution in [0.2, 0.25) is 0 Å². The van der Waals surface area contributed by atoms with E-state index in [1.165, 1.54) is 6.07 Å². The molecule has 2 N–H and O–H groups in total. The molecule has 9 heteroatoms. The Hall–Kier alpha value is -2.29. The molecule has 1 aromatic rings. The largest absolute Gasteiger partial charge is 0.418 e. The van der Waals surface area contributed by atoms with Gasteiger partial charge >= 0.3 is 6.18 Å². The van der Waals surface area contributed by atoms with E-state index >= 15 is 0 Å². The number of hydrogen-bond donors (Lipinski definition) is 2. The number of nitrogens with one attached hydrogen (secondary N) is 2. The number of amides is 1. The highest BCUT2D eigenvalue weighted by atomic mass is 32.2. The zero-order valence-electron chi connectivity index (χ0n) is 12.2. The third-order valence-electron chi connectivity index (χ3n) is 2.69. The molecule has 0 aromatic heterocycles. The summed E-state index contributed by atoms with van der Waals surface area (Å²) in [5.41, 5.74) is -1.67. The maximum Gasteiger partial charge on any atom is 0.418 e. The molecular formula is C14H15F3N2O3S. The number of benzene rings is 1. The quantitative estimate of drug-likeness (QED) is 0.776. The molecule has 0 fully saturated rings. The summed E-state index contributed by atoms with van der Waals surface area (Å²) in [7, 11) is -3.92. The molecule has 0 atom stereocenters. The number of sulfonamides is 1. The fourth-order valence-corrected chi connectivity index (χ4v) is 2.37. The normalized spacial score (nSPS) is 11.7. The van der Waals surface area contributed by atoms with Gasteiger partial charge in [-0.3, -0.25) is 9.52 Å². The molecule has 0 unspecified atom stereocenters. The zero-order chi connectivity index (χ0) is 17.8. The molecular weight excluding hydrogens is 333 g/mol. The van der Waals surface area contributed by atoms with Crippen molar-refractivity contribution in [3.8, 4) is 0 Å². The average molecular weight is 348 g/mol. The topological polar surface area (TPSA) is 75.3 Å². The first-order chi connectivity index (χ1) is 10.5. The Balaban J connectivity index is 3.43. The molecule has 126 valence electrons. The third-order valence-corrected chi connectivity index (χ3v) is 3.27. The Morgan fingerprint density at radius 3 is 2.35 bits per heavy atom. The number of carbonyl (C=O) groups excluding carboxylic acids is 1. The lowest BCUT2D eigenvalue weighted by Crippen LogP contribution is -2.21. The lowest BCUT2D eigenvalue weighted by atomic mass is 10.0. The number of hydrogen-bond acceptors (Lipinski definition) is 3. The molecule has 0 spiro atoms. The summed E-state index contributed by atoms with van der Waals surface area (Å²) in [4.78, 5) is 11.1. The van der Waals surface area contributed by atoms with E-state index < -0.39 is 33.4 Å². The molecule has 1 rings (SSSR count). The van der Waals surface area contributed by atoms with Crippen LogP contribution in [0.4, 0.5) is 18.9 Å². The fourth-order valence-electron chi connectivity index (χ4n) is 1.77. The van der Waals surface area contributed by atoms with Crippen molar-refractivity contribution in [2.24, 2.45) is 0 Å². The SMILES string of the molecule is C=CC(=O)NCc1cc(C=C)c(NS(C)(=O)=O)c(C(F)(F)F)c1. The van der Waals surface area contributed by atoms with Crippen molar-refractivity contribution in [2.45, 2.75) is 12.7 Å². The van der Waals surface area contributed by atoms with Crippen LogP contribution in [-0.4, -0.2) is 20.6 Å². The Bertz CT molecular complexity index is 740. The molecule has 0 bridgehead atoms. The Morgan fingerprint density at radius 1 is 1.30 bits per heavy atom. The van der Waals surface area contributed by atoms with Crippen LogP contribution in [0.1, 0.15) is 16.7 Å². The third kappa shape index (κ3) is 5.44. The van der Waals surface area contributed by atoms with Gasteiger partial charge < -0.3 is 5.32 Å². The number of carbonyl (C=O) groups is 1. The van der Waals surface area contributed by atoms with Crippen molar-refractivity contribution < 1.29 is 26.4 Å². The van der Waals surface area contributed by atoms with E-state index in [0.29, 0.717) is 0 Å². The molecule has 0 heterocycles. The molecule has 23 heavy (non-hydrogen) atoms. The lowest BCUT2D eigenvalue weighted by molar-refractivity contribution is -0.137. The summed E-state index contributed by atoms with van der Waals surface area (Å²) < 4.78 is 64.1. The summed E-state index contributed by atoms with van der Waals surface area (Å²) in [6, 6.07) is 2.07. The highest BCUT2D eigenvalue weighted by Crippen LogP contribution is 2.38. The van der Waals surface area contributed by atoms with Gasteiger partial charge in [-0.1, -0.05) is 19.2 Å². The van der Waals surface area contributed by atoms with E-state index in [9.17, 15) is 26.4 Å². The highest BCUT2D eigenvalue weighted by molar-refractivity contribution is 7.92. The standard InChI is InChI=1S/C14H15F3N2O3S/c1-4-10-6-9(8-18-12(20)5-2)7-11(14(15,16)17)13(10)19-23(3,21)22/h4-7,19H,1-2,8H2,3H3,(H,18,20). The molecule has 5 nitrogen and oxygen atoms in total. The number of halogens is 3. The van der Waals surface area contributed by atoms with E-state index in [4.69, 9.17) is 0 Å². The van der Waals surface area contributed by atoms with E-state index in [1.807, 2.05) is 4.72 Å². The van der Waals surface area contributed by atoms with Crippen molar-refractivity contribution in [2.75, 3.05) is 11.0 Å². The van der Waals surface area contributed by atoms with E-state index in [0.717, 1.165) is 24.5 Å². The summed E-state index contributed by atoms with van der Waals surface area (Å²) in [6.45, 7) is 6.45. The van der Waals surface area contributed by atoms with Gasteiger partial charge in [-0.15, -0.1) is 0 Å². The van der Waals surface area contributed by atoms with Gasteiger partial charge in [-0.2, -0.15) is 13.2 Å². The van der Waals surface area contributed by atoms with Crippen molar-refractivity contribution in [3.63, 3.8) is 0 Å². The van der Waals surface area contributed by atoms with Gasteiger partial charge in [0.15, 0.2) is 0 Å². The van der Waals surface area contributed by atoms with E-state index in [2.05, 4.69) is 18.5 Å². The molecule has 0 saturated carbocycles. The second-order valence-electron chi connectivity index (χ2n) is 4.61. The number of alkyl halides is 3. The molecule has 1 amide bonds. The van der Waals surface area contributed by atoms with Crippen LogP contribution in [0.15, 0.2) is 31.4 Å². The second-order valence-corrected chi connectivity index (χ2v) is 6.35. The van der Waals surface area contributed by atoms with Crippen LogP contribution in [-0.2, 0) is 27.5 Å². The Kier molecular flexibility index (Phi) is 5.60. The van der Waals surface area contributed by atoms with Crippen molar-refractivity contribution >= 4 is 27.7 Å². The highest BCUT2D eigenvalue weighted by Gasteiger charge is 2.35. The Morgan fingerprint density at radius 2 is 1.91 bits per heavy atom. The molecule has 0 aliphatic heterocycles. The van der Waals surface area contributed by atoms with Gasteiger partial charge in [-0.05, 0) is 29.3 Å². The summed E-state index contributed by atoms with van der Waals surface area (Å²) in [5, 5.41) is 2.35. The van der Waals surface area contributed by atoms with Gasteiger partial charge in [0, 0.05) is 6.54 Å². The van der Waals surface area contributed by atoms with Crippen molar-refractivity contribution in [1.82, 2.24) is 5.32 Å². The van der Waals surface area contributed by atoms with Crippen molar-refractivity contribution in [3.05, 3.63) is 48.1 Å². The minimum atomic E-state index is -4.79. The maximum absolute atomic E-state index is 13.2. The van der Waals surface area contributed by atoms with Gasteiger partial charge in [0.25, 0.3) is 0 Å². The predicted octanol–water partition coefficient (Wildman–Crippen LogP) is 2.52. The Labute approximate surface area is 131 Å². The lowest BCUT2D eigenvalue weighted by Gasteiger charge is -2.18. The molecule has 0 radical (unpaired) electrons. The monoisotopic (exact) mass is 348 g/mol. The molecule has 0 aliphatic rings. The first-order valence-electron chi connectivity index (χ1n) is 6.22. The average Bonchev–Trinajstić information content (AvgIpc) is 2.42. The fraction of sp³-hybridized carbons (Fsp3) is 0.214. The van der Waals surface area contributed by atoms with Crippen LogP contribution in [0.3, 0.4) is 0 Å². The van der Waals surface area contributed by atoms with Gasteiger partial charge in [0.05, 0.1) is 17.5 Å². The maximum atomic E-state index is 13.2. The first-order valence-corrected chi connectivity index (χ1v) is 8.11. The number of anilines is 1. The van der Waals surface area contributed by atoms with Crippen LogP contribution in [0, 0.1) is 0 Å². The molecule has 0 saturated heterocycles. The minimum Gasteiger partial charge on any atom is -0.348 e. The van der Waals surface area contributed by atoms with Crippen LogP contribution in [0.5, 0.6) is 0 Å². The van der Waals surface area contributed by atoms with Crippen LogP contribution in [0.25, 0.3) is 6.08 Å². The van der Waals surface area contributed by atoms with Gasteiger partial charge in [-0.25, -0.2) is 8.42 Å². The first kappa shape index (κ1) is 18.8. The van der Waals surface area contributed by atoms with Crippen LogP contribution >= 0.6 is 0 Å². The smallest absolute Gasteiger partial charge is 0.348 e. The van der Waals surface area contributed by atoms with Gasteiger partial charge in [0.1, 0.15) is 0 Å². The summed E-state index contributed by atoms with van der Waals surface area (Å²) >= 11 is 0. The minimum absolute atomic E-state index is 0.0481. The second kappa shape index (κ2) is 6.86.